The molecule has 0 radical (unpaired) electrons. The molecule has 2 bridgehead atoms. The van der Waals surface area contributed by atoms with Crippen LogP contribution in [0, 0.1) is 0 Å². The quantitative estimate of drug-likeness (QED) is 0.585. The summed E-state index contributed by atoms with van der Waals surface area (Å²) in [5.74, 6) is 1.72. The lowest BCUT2D eigenvalue weighted by Gasteiger charge is -2.59. The predicted molar refractivity (Wildman–Crippen MR) is 128 cm³/mol. The molecule has 0 aromatic heterocycles. The lowest BCUT2D eigenvalue weighted by molar-refractivity contribution is 0.00201. The van der Waals surface area contributed by atoms with Crippen LogP contribution in [0.5, 0.6) is 11.5 Å². The summed E-state index contributed by atoms with van der Waals surface area (Å²) in [5, 5.41) is 6.48. The molecule has 33 heavy (non-hydrogen) atoms. The summed E-state index contributed by atoms with van der Waals surface area (Å²) in [7, 11) is 0. The standard InChI is InChI=1S/C27H25N3O3/c31-27(29-21-12-13-24-25(14-21)33-17-32-24)30-22-15-28-16-23(30)26(22)20-10-8-19(9-11-20)7-6-18-4-2-1-3-5-18/h1-14,22-23,26,28H,15-17H2,(H,29,31)/b7-6+/t22-,23+,26?. The molecule has 6 heteroatoms. The van der Waals surface area contributed by atoms with Gasteiger partial charge in [0.05, 0.1) is 12.1 Å². The van der Waals surface area contributed by atoms with E-state index in [9.17, 15) is 4.79 Å². The molecule has 0 aliphatic carbocycles. The predicted octanol–water partition coefficient (Wildman–Crippen LogP) is 4.56. The van der Waals surface area contributed by atoms with Crippen LogP contribution in [0.3, 0.4) is 0 Å². The maximum absolute atomic E-state index is 13.1. The molecule has 166 valence electrons. The molecule has 3 atom stereocenters. The highest BCUT2D eigenvalue weighted by Gasteiger charge is 2.53. The van der Waals surface area contributed by atoms with Crippen molar-refractivity contribution in [3.8, 4) is 11.5 Å². The fraction of sp³-hybridized carbons (Fsp3) is 0.222. The van der Waals surface area contributed by atoms with Crippen molar-refractivity contribution < 1.29 is 14.3 Å². The molecule has 3 aliphatic heterocycles. The van der Waals surface area contributed by atoms with Crippen molar-refractivity contribution in [3.63, 3.8) is 0 Å². The molecule has 1 unspecified atom stereocenters. The van der Waals surface area contributed by atoms with E-state index in [4.69, 9.17) is 9.47 Å². The third-order valence-electron chi connectivity index (χ3n) is 6.70. The van der Waals surface area contributed by atoms with Gasteiger partial charge in [0, 0.05) is 30.8 Å². The first-order chi connectivity index (χ1) is 16.3. The molecular weight excluding hydrogens is 414 g/mol. The lowest BCUT2D eigenvalue weighted by Crippen LogP contribution is -2.74. The highest BCUT2D eigenvalue weighted by Crippen LogP contribution is 2.43. The zero-order chi connectivity index (χ0) is 22.2. The van der Waals surface area contributed by atoms with Crippen molar-refractivity contribution in [2.75, 3.05) is 25.2 Å². The van der Waals surface area contributed by atoms with Crippen molar-refractivity contribution in [2.45, 2.75) is 18.0 Å². The van der Waals surface area contributed by atoms with E-state index in [0.29, 0.717) is 23.1 Å². The molecule has 2 saturated heterocycles. The number of amides is 2. The van der Waals surface area contributed by atoms with Gasteiger partial charge in [-0.05, 0) is 28.8 Å². The van der Waals surface area contributed by atoms with Gasteiger partial charge in [0.2, 0.25) is 6.79 Å². The molecule has 0 spiro atoms. The minimum atomic E-state index is -0.0657. The van der Waals surface area contributed by atoms with Gasteiger partial charge in [0.15, 0.2) is 11.5 Å². The Morgan fingerprint density at radius 2 is 1.58 bits per heavy atom. The minimum absolute atomic E-state index is 0.0657. The first-order valence-corrected chi connectivity index (χ1v) is 11.3. The first-order valence-electron chi connectivity index (χ1n) is 11.3. The zero-order valence-electron chi connectivity index (χ0n) is 18.1. The fourth-order valence-electron chi connectivity index (χ4n) is 5.07. The molecule has 2 N–H and O–H groups in total. The van der Waals surface area contributed by atoms with Gasteiger partial charge < -0.3 is 25.0 Å². The number of ether oxygens (including phenoxy) is 2. The number of anilines is 1. The second kappa shape index (κ2) is 8.30. The Bertz CT molecular complexity index is 1180. The molecule has 2 amide bonds. The van der Waals surface area contributed by atoms with Crippen molar-refractivity contribution in [1.29, 1.82) is 0 Å². The zero-order valence-corrected chi connectivity index (χ0v) is 18.1. The number of nitrogens with zero attached hydrogens (tertiary/aromatic N) is 1. The van der Waals surface area contributed by atoms with Crippen LogP contribution < -0.4 is 20.1 Å². The Morgan fingerprint density at radius 3 is 2.33 bits per heavy atom. The number of piperidine rings is 1. The average molecular weight is 440 g/mol. The number of carbonyl (C=O) groups excluding carboxylic acids is 1. The van der Waals surface area contributed by atoms with Gasteiger partial charge >= 0.3 is 6.03 Å². The maximum atomic E-state index is 13.1. The summed E-state index contributed by atoms with van der Waals surface area (Å²) in [5.41, 5.74) is 4.36. The molecule has 3 aromatic carbocycles. The van der Waals surface area contributed by atoms with Crippen LogP contribution >= 0.6 is 0 Å². The molecule has 0 saturated carbocycles. The summed E-state index contributed by atoms with van der Waals surface area (Å²) in [4.78, 5) is 15.0. The van der Waals surface area contributed by atoms with Gasteiger partial charge in [-0.2, -0.15) is 0 Å². The lowest BCUT2D eigenvalue weighted by atomic mass is 9.72. The molecule has 2 fully saturated rings. The van der Waals surface area contributed by atoms with Crippen molar-refractivity contribution in [1.82, 2.24) is 10.2 Å². The van der Waals surface area contributed by atoms with Crippen molar-refractivity contribution in [3.05, 3.63) is 89.5 Å². The number of nitrogens with one attached hydrogen (secondary N) is 2. The largest absolute Gasteiger partial charge is 0.454 e. The fourth-order valence-corrected chi connectivity index (χ4v) is 5.07. The van der Waals surface area contributed by atoms with Crippen LogP contribution in [0.2, 0.25) is 0 Å². The molecule has 6 nitrogen and oxygen atoms in total. The first kappa shape index (κ1) is 19.9. The highest BCUT2D eigenvalue weighted by molar-refractivity contribution is 5.91. The van der Waals surface area contributed by atoms with E-state index in [1.165, 1.54) is 16.7 Å². The number of rotatable bonds is 4. The molecular formula is C27H25N3O3. The van der Waals surface area contributed by atoms with E-state index in [0.717, 1.165) is 13.1 Å². The van der Waals surface area contributed by atoms with Crippen molar-refractivity contribution >= 4 is 23.9 Å². The maximum Gasteiger partial charge on any atom is 0.322 e. The summed E-state index contributed by atoms with van der Waals surface area (Å²) in [6.07, 6.45) is 4.26. The Balaban J connectivity index is 1.14. The van der Waals surface area contributed by atoms with E-state index in [2.05, 4.69) is 59.2 Å². The van der Waals surface area contributed by atoms with Crippen LogP contribution in [-0.4, -0.2) is 42.9 Å². The van der Waals surface area contributed by atoms with Crippen molar-refractivity contribution in [2.24, 2.45) is 0 Å². The van der Waals surface area contributed by atoms with Gasteiger partial charge in [0.1, 0.15) is 0 Å². The van der Waals surface area contributed by atoms with E-state index in [1.807, 2.05) is 41.3 Å². The van der Waals surface area contributed by atoms with Crippen LogP contribution in [0.15, 0.2) is 72.8 Å². The molecule has 3 aromatic rings. The summed E-state index contributed by atoms with van der Waals surface area (Å²) in [6.45, 7) is 1.81. The smallest absolute Gasteiger partial charge is 0.322 e. The van der Waals surface area contributed by atoms with Gasteiger partial charge in [0.25, 0.3) is 0 Å². The van der Waals surface area contributed by atoms with E-state index in [-0.39, 0.29) is 24.9 Å². The molecule has 3 heterocycles. The normalized spacial score (nSPS) is 22.8. The number of hydrogen-bond donors (Lipinski definition) is 2. The summed E-state index contributed by atoms with van der Waals surface area (Å²) < 4.78 is 10.8. The molecule has 3 aliphatic rings. The monoisotopic (exact) mass is 439 g/mol. The summed E-state index contributed by atoms with van der Waals surface area (Å²) >= 11 is 0. The second-order valence-electron chi connectivity index (χ2n) is 8.63. The van der Waals surface area contributed by atoms with Crippen LogP contribution in [0.4, 0.5) is 10.5 Å². The van der Waals surface area contributed by atoms with Crippen LogP contribution in [-0.2, 0) is 0 Å². The third-order valence-corrected chi connectivity index (χ3v) is 6.70. The number of urea groups is 1. The van der Waals surface area contributed by atoms with E-state index >= 15 is 0 Å². The molecule has 6 rings (SSSR count). The van der Waals surface area contributed by atoms with Gasteiger partial charge in [-0.1, -0.05) is 66.7 Å². The second-order valence-corrected chi connectivity index (χ2v) is 8.63. The Labute approximate surface area is 192 Å². The number of fused-ring (bicyclic) bond motifs is 3. The summed E-state index contributed by atoms with van der Waals surface area (Å²) in [6, 6.07) is 24.7. The Hall–Kier alpha value is -3.77. The minimum Gasteiger partial charge on any atom is -0.454 e. The number of carbonyl (C=O) groups is 1. The van der Waals surface area contributed by atoms with Gasteiger partial charge in [-0.15, -0.1) is 0 Å². The van der Waals surface area contributed by atoms with Crippen LogP contribution in [0.1, 0.15) is 22.6 Å². The topological polar surface area (TPSA) is 62.8 Å². The average Bonchev–Trinajstić information content (AvgIpc) is 3.32. The van der Waals surface area contributed by atoms with Gasteiger partial charge in [-0.3, -0.25) is 0 Å². The Kier molecular flexibility index (Phi) is 5.00. The third kappa shape index (κ3) is 3.72. The number of piperazine rings is 1. The van der Waals surface area contributed by atoms with Gasteiger partial charge in [-0.25, -0.2) is 4.79 Å². The Morgan fingerprint density at radius 1 is 0.879 bits per heavy atom. The number of hydrogen-bond acceptors (Lipinski definition) is 4. The van der Waals surface area contributed by atoms with Crippen LogP contribution in [0.25, 0.3) is 12.2 Å². The highest BCUT2D eigenvalue weighted by atomic mass is 16.7. The van der Waals surface area contributed by atoms with E-state index < -0.39 is 0 Å². The SMILES string of the molecule is O=C(Nc1ccc2c(c1)OCO2)N1[C@@H]2CNC[C@H]1C2c1ccc(/C=C/c2ccccc2)cc1. The number of benzene rings is 3. The van der Waals surface area contributed by atoms with E-state index in [1.54, 1.807) is 0 Å².